The van der Waals surface area contributed by atoms with Crippen molar-refractivity contribution in [2.75, 3.05) is 0 Å². The second-order valence-electron chi connectivity index (χ2n) is 6.27. The van der Waals surface area contributed by atoms with E-state index >= 15 is 0 Å². The zero-order valence-corrected chi connectivity index (χ0v) is 13.4. The monoisotopic (exact) mass is 294 g/mol. The van der Waals surface area contributed by atoms with Gasteiger partial charge < -0.3 is 9.13 Å². The van der Waals surface area contributed by atoms with E-state index in [1.54, 1.807) is 0 Å². The van der Waals surface area contributed by atoms with Gasteiger partial charge in [-0.05, 0) is 55.2 Å². The molecule has 0 N–H and O–H groups in total. The van der Waals surface area contributed by atoms with Crippen molar-refractivity contribution in [3.63, 3.8) is 0 Å². The lowest BCUT2D eigenvalue weighted by molar-refractivity contribution is -0.113. The van der Waals surface area contributed by atoms with Gasteiger partial charge in [0.25, 0.3) is 0 Å². The summed E-state index contributed by atoms with van der Waals surface area (Å²) in [5.41, 5.74) is 3.99. The van der Waals surface area contributed by atoms with Crippen molar-refractivity contribution in [1.82, 2.24) is 9.13 Å². The quantitative estimate of drug-likeness (QED) is 0.773. The molecular formula is C19H22N2O. The van der Waals surface area contributed by atoms with Crippen LogP contribution >= 0.6 is 0 Å². The van der Waals surface area contributed by atoms with Gasteiger partial charge in [-0.25, -0.2) is 0 Å². The molecule has 0 aliphatic heterocycles. The Morgan fingerprint density at radius 1 is 0.955 bits per heavy atom. The smallest absolute Gasteiger partial charge is 0.185 e. The van der Waals surface area contributed by atoms with Crippen LogP contribution in [0.5, 0.6) is 0 Å². The third-order valence-corrected chi connectivity index (χ3v) is 4.33. The molecule has 1 fully saturated rings. The van der Waals surface area contributed by atoms with Gasteiger partial charge in [-0.3, -0.25) is 4.79 Å². The van der Waals surface area contributed by atoms with Crippen LogP contribution in [0.25, 0.3) is 12.2 Å². The van der Waals surface area contributed by atoms with Crippen LogP contribution in [0.1, 0.15) is 31.2 Å². The molecule has 2 aromatic rings. The van der Waals surface area contributed by atoms with Gasteiger partial charge in [-0.15, -0.1) is 0 Å². The summed E-state index contributed by atoms with van der Waals surface area (Å²) in [6.45, 7) is 2.21. The van der Waals surface area contributed by atoms with E-state index in [4.69, 9.17) is 0 Å². The number of hydrogen-bond acceptors (Lipinski definition) is 1. The summed E-state index contributed by atoms with van der Waals surface area (Å²) in [5.74, 6) is 0.691. The van der Waals surface area contributed by atoms with E-state index in [9.17, 15) is 4.79 Å². The van der Waals surface area contributed by atoms with E-state index in [1.165, 1.54) is 0 Å². The van der Waals surface area contributed by atoms with Gasteiger partial charge >= 0.3 is 0 Å². The van der Waals surface area contributed by atoms with Gasteiger partial charge in [0.05, 0.1) is 0 Å². The normalized spacial score (nSPS) is 22.7. The molecule has 0 spiro atoms. The Kier molecular flexibility index (Phi) is 3.88. The van der Waals surface area contributed by atoms with Gasteiger partial charge in [0.2, 0.25) is 0 Å². The van der Waals surface area contributed by atoms with E-state index < -0.39 is 0 Å². The SMILES string of the molecule is CC1C/C(=C/c2cccn2C)C(=O)/C(=C/c2cccn2C)C1. The van der Waals surface area contributed by atoms with Crippen molar-refractivity contribution < 1.29 is 4.79 Å². The largest absolute Gasteiger partial charge is 0.351 e. The van der Waals surface area contributed by atoms with Crippen LogP contribution in [0.4, 0.5) is 0 Å². The highest BCUT2D eigenvalue weighted by Gasteiger charge is 2.25. The molecule has 1 saturated carbocycles. The first-order chi connectivity index (χ1) is 10.5. The highest BCUT2D eigenvalue weighted by atomic mass is 16.1. The van der Waals surface area contributed by atoms with Gasteiger partial charge in [-0.2, -0.15) is 0 Å². The number of aryl methyl sites for hydroxylation is 2. The Morgan fingerprint density at radius 3 is 1.77 bits per heavy atom. The average Bonchev–Trinajstić information content (AvgIpc) is 3.05. The van der Waals surface area contributed by atoms with Crippen LogP contribution in [-0.2, 0) is 18.9 Å². The molecule has 1 aliphatic rings. The minimum atomic E-state index is 0.195. The first-order valence-electron chi connectivity index (χ1n) is 7.73. The Labute approximate surface area is 131 Å². The number of allylic oxidation sites excluding steroid dienone is 2. The number of ketones is 1. The lowest BCUT2D eigenvalue weighted by atomic mass is 9.81. The summed E-state index contributed by atoms with van der Waals surface area (Å²) in [6, 6.07) is 8.09. The van der Waals surface area contributed by atoms with Crippen molar-refractivity contribution in [1.29, 1.82) is 0 Å². The molecule has 114 valence electrons. The lowest BCUT2D eigenvalue weighted by Gasteiger charge is -2.22. The molecule has 1 aliphatic carbocycles. The summed E-state index contributed by atoms with van der Waals surface area (Å²) in [6.07, 6.45) is 9.80. The fourth-order valence-corrected chi connectivity index (χ4v) is 3.07. The number of rotatable bonds is 2. The molecule has 3 nitrogen and oxygen atoms in total. The molecule has 0 radical (unpaired) electrons. The number of Topliss-reactive ketones (excluding diaryl/α,β-unsaturated/α-hetero) is 1. The number of hydrogen-bond donors (Lipinski definition) is 0. The predicted octanol–water partition coefficient (Wildman–Crippen LogP) is 3.83. The molecule has 2 heterocycles. The maximum Gasteiger partial charge on any atom is 0.185 e. The van der Waals surface area contributed by atoms with E-state index in [-0.39, 0.29) is 5.78 Å². The third-order valence-electron chi connectivity index (χ3n) is 4.33. The molecule has 1 unspecified atom stereocenters. The second kappa shape index (κ2) is 5.84. The van der Waals surface area contributed by atoms with Crippen molar-refractivity contribution >= 4 is 17.9 Å². The minimum Gasteiger partial charge on any atom is -0.351 e. The van der Waals surface area contributed by atoms with Crippen LogP contribution < -0.4 is 0 Å². The van der Waals surface area contributed by atoms with E-state index in [0.29, 0.717) is 5.92 Å². The van der Waals surface area contributed by atoms with Crippen LogP contribution in [-0.4, -0.2) is 14.9 Å². The lowest BCUT2D eigenvalue weighted by Crippen LogP contribution is -2.18. The predicted molar refractivity (Wildman–Crippen MR) is 90.2 cm³/mol. The Morgan fingerprint density at radius 2 is 1.41 bits per heavy atom. The van der Waals surface area contributed by atoms with Gasteiger partial charge in [0.1, 0.15) is 0 Å². The molecule has 22 heavy (non-hydrogen) atoms. The fraction of sp³-hybridized carbons (Fsp3) is 0.316. The van der Waals surface area contributed by atoms with Crippen LogP contribution in [0, 0.1) is 5.92 Å². The van der Waals surface area contributed by atoms with E-state index in [1.807, 2.05) is 72.0 Å². The van der Waals surface area contributed by atoms with Gasteiger partial charge in [0.15, 0.2) is 5.78 Å². The molecule has 0 aromatic carbocycles. The zero-order chi connectivity index (χ0) is 15.7. The average molecular weight is 294 g/mol. The van der Waals surface area contributed by atoms with Crippen molar-refractivity contribution in [2.45, 2.75) is 19.8 Å². The first-order valence-corrected chi connectivity index (χ1v) is 7.73. The summed E-state index contributed by atoms with van der Waals surface area (Å²) in [4.78, 5) is 12.8. The van der Waals surface area contributed by atoms with Gasteiger partial charge in [0, 0.05) is 49.0 Å². The summed E-state index contributed by atoms with van der Waals surface area (Å²) < 4.78 is 4.08. The van der Waals surface area contributed by atoms with E-state index in [0.717, 1.165) is 35.4 Å². The first kappa shape index (κ1) is 14.6. The highest BCUT2D eigenvalue weighted by Crippen LogP contribution is 2.32. The Hall–Kier alpha value is -2.29. The Balaban J connectivity index is 1.96. The zero-order valence-electron chi connectivity index (χ0n) is 13.4. The van der Waals surface area contributed by atoms with Crippen LogP contribution in [0.15, 0.2) is 47.8 Å². The molecule has 3 rings (SSSR count). The minimum absolute atomic E-state index is 0.195. The van der Waals surface area contributed by atoms with Gasteiger partial charge in [-0.1, -0.05) is 6.92 Å². The number of nitrogens with zero attached hydrogens (tertiary/aromatic N) is 2. The third kappa shape index (κ3) is 2.84. The number of carbonyl (C=O) groups is 1. The molecule has 0 amide bonds. The summed E-state index contributed by atoms with van der Waals surface area (Å²) in [5, 5.41) is 0. The highest BCUT2D eigenvalue weighted by molar-refractivity contribution is 6.13. The topological polar surface area (TPSA) is 26.9 Å². The molecule has 0 saturated heterocycles. The molecule has 3 heteroatoms. The summed E-state index contributed by atoms with van der Waals surface area (Å²) in [7, 11) is 4.01. The number of aromatic nitrogens is 2. The van der Waals surface area contributed by atoms with Crippen molar-refractivity contribution in [3.05, 3.63) is 59.2 Å². The number of carbonyl (C=O) groups excluding carboxylic acids is 1. The molecule has 2 aromatic heterocycles. The molecule has 0 bridgehead atoms. The van der Waals surface area contributed by atoms with E-state index in [2.05, 4.69) is 6.92 Å². The molecular weight excluding hydrogens is 272 g/mol. The molecule has 1 atom stereocenters. The summed E-state index contributed by atoms with van der Waals surface area (Å²) >= 11 is 0. The fourth-order valence-electron chi connectivity index (χ4n) is 3.07. The maximum atomic E-state index is 12.8. The van der Waals surface area contributed by atoms with Crippen LogP contribution in [0.3, 0.4) is 0 Å². The standard InChI is InChI=1S/C19H22N2O/c1-14-10-15(12-17-6-4-8-20(17)2)19(22)16(11-14)13-18-7-5-9-21(18)3/h4-9,12-14H,10-11H2,1-3H3/b15-12-,16-13+. The Bertz CT molecular complexity index is 696. The second-order valence-corrected chi connectivity index (χ2v) is 6.27. The van der Waals surface area contributed by atoms with Crippen molar-refractivity contribution in [3.8, 4) is 0 Å². The maximum absolute atomic E-state index is 12.8. The van der Waals surface area contributed by atoms with Crippen LogP contribution in [0.2, 0.25) is 0 Å². The van der Waals surface area contributed by atoms with Crippen molar-refractivity contribution in [2.24, 2.45) is 20.0 Å².